The van der Waals surface area contributed by atoms with Crippen molar-refractivity contribution >= 4 is 29.7 Å². The van der Waals surface area contributed by atoms with E-state index in [0.29, 0.717) is 11.5 Å². The molecule has 0 saturated carbocycles. The lowest BCUT2D eigenvalue weighted by Crippen LogP contribution is -2.51. The van der Waals surface area contributed by atoms with Crippen molar-refractivity contribution in [3.8, 4) is 5.75 Å². The van der Waals surface area contributed by atoms with Crippen LogP contribution in [-0.2, 0) is 28.6 Å². The first kappa shape index (κ1) is 20.1. The molecule has 4 atom stereocenters. The Bertz CT molecular complexity index is 658. The van der Waals surface area contributed by atoms with E-state index in [9.17, 15) is 14.4 Å². The van der Waals surface area contributed by atoms with Crippen LogP contribution in [0, 0.1) is 0 Å². The van der Waals surface area contributed by atoms with E-state index in [-0.39, 0.29) is 5.25 Å². The average Bonchev–Trinajstić information content (AvgIpc) is 2.57. The zero-order valence-electron chi connectivity index (χ0n) is 15.1. The maximum Gasteiger partial charge on any atom is 0.303 e. The van der Waals surface area contributed by atoms with Crippen molar-refractivity contribution in [3.63, 3.8) is 0 Å². The van der Waals surface area contributed by atoms with Gasteiger partial charge in [-0.1, -0.05) is 12.1 Å². The number of thioether (sulfide) groups is 1. The number of esters is 3. The van der Waals surface area contributed by atoms with Gasteiger partial charge in [0.2, 0.25) is 0 Å². The summed E-state index contributed by atoms with van der Waals surface area (Å²) in [4.78, 5) is 34.6. The first-order valence-corrected chi connectivity index (χ1v) is 9.14. The van der Waals surface area contributed by atoms with Crippen LogP contribution in [-0.4, -0.2) is 49.1 Å². The lowest BCUT2D eigenvalue weighted by molar-refractivity contribution is -0.182. The van der Waals surface area contributed by atoms with Crippen LogP contribution in [0.15, 0.2) is 24.3 Å². The molecule has 0 N–H and O–H groups in total. The van der Waals surface area contributed by atoms with Crippen molar-refractivity contribution in [2.24, 2.45) is 0 Å². The number of benzene rings is 1. The van der Waals surface area contributed by atoms with Crippen molar-refractivity contribution in [1.82, 2.24) is 0 Å². The third kappa shape index (κ3) is 5.14. The molecule has 1 aromatic rings. The highest BCUT2D eigenvalue weighted by atomic mass is 32.2. The second-order valence-corrected chi connectivity index (χ2v) is 7.00. The number of carbonyl (C=O) groups is 3. The van der Waals surface area contributed by atoms with Gasteiger partial charge < -0.3 is 18.9 Å². The summed E-state index contributed by atoms with van der Waals surface area (Å²) in [7, 11) is 1.58. The smallest absolute Gasteiger partial charge is 0.303 e. The van der Waals surface area contributed by atoms with Gasteiger partial charge in [-0.15, -0.1) is 11.8 Å². The van der Waals surface area contributed by atoms with Crippen molar-refractivity contribution in [2.45, 2.75) is 44.3 Å². The largest absolute Gasteiger partial charge is 0.497 e. The second kappa shape index (κ2) is 8.93. The standard InChI is InChI=1S/C18H22O7S/c1-10(19)23-15-9-26-18(13-5-7-14(22-4)8-6-13)17(25-12(3)21)16(15)24-11(2)20/h5-8,15-18H,9H2,1-4H3/t15-,16+,17-,18-/m1/s1. The minimum Gasteiger partial charge on any atom is -0.497 e. The molecule has 0 bridgehead atoms. The van der Waals surface area contributed by atoms with Crippen molar-refractivity contribution in [2.75, 3.05) is 12.9 Å². The van der Waals surface area contributed by atoms with E-state index in [1.165, 1.54) is 32.5 Å². The molecule has 1 aromatic carbocycles. The third-order valence-corrected chi connectivity index (χ3v) is 5.21. The molecular formula is C18H22O7S. The molecular weight excluding hydrogens is 360 g/mol. The van der Waals surface area contributed by atoms with Crippen molar-refractivity contribution < 1.29 is 33.3 Å². The number of hydrogen-bond acceptors (Lipinski definition) is 8. The Morgan fingerprint density at radius 3 is 1.92 bits per heavy atom. The van der Waals surface area contributed by atoms with Gasteiger partial charge in [0.25, 0.3) is 0 Å². The predicted octanol–water partition coefficient (Wildman–Crippen LogP) is 2.28. The van der Waals surface area contributed by atoms with Gasteiger partial charge in [0.05, 0.1) is 12.4 Å². The molecule has 0 unspecified atom stereocenters. The maximum atomic E-state index is 11.6. The number of carbonyl (C=O) groups excluding carboxylic acids is 3. The molecule has 7 nitrogen and oxygen atoms in total. The molecule has 2 rings (SSSR count). The van der Waals surface area contributed by atoms with E-state index >= 15 is 0 Å². The van der Waals surface area contributed by atoms with Crippen LogP contribution in [0.25, 0.3) is 0 Å². The first-order chi connectivity index (χ1) is 12.3. The topological polar surface area (TPSA) is 88.1 Å². The van der Waals surface area contributed by atoms with Gasteiger partial charge >= 0.3 is 17.9 Å². The molecule has 1 saturated heterocycles. The summed E-state index contributed by atoms with van der Waals surface area (Å²) in [6.45, 7) is 3.84. The Morgan fingerprint density at radius 2 is 1.42 bits per heavy atom. The molecule has 0 aliphatic carbocycles. The number of ether oxygens (including phenoxy) is 4. The van der Waals surface area contributed by atoms with Gasteiger partial charge in [-0.05, 0) is 17.7 Å². The van der Waals surface area contributed by atoms with Crippen LogP contribution in [0.2, 0.25) is 0 Å². The molecule has 8 heteroatoms. The molecule has 1 fully saturated rings. The fraction of sp³-hybridized carbons (Fsp3) is 0.500. The fourth-order valence-electron chi connectivity index (χ4n) is 2.82. The Hall–Kier alpha value is -2.22. The molecule has 1 heterocycles. The predicted molar refractivity (Wildman–Crippen MR) is 94.9 cm³/mol. The molecule has 26 heavy (non-hydrogen) atoms. The van der Waals surface area contributed by atoms with Crippen molar-refractivity contribution in [3.05, 3.63) is 29.8 Å². The highest BCUT2D eigenvalue weighted by Crippen LogP contribution is 2.43. The molecule has 0 radical (unpaired) electrons. The van der Waals surface area contributed by atoms with Gasteiger partial charge in [0, 0.05) is 26.5 Å². The van der Waals surface area contributed by atoms with Crippen LogP contribution >= 0.6 is 11.8 Å². The summed E-state index contributed by atoms with van der Waals surface area (Å²) >= 11 is 1.47. The second-order valence-electron chi connectivity index (χ2n) is 5.82. The summed E-state index contributed by atoms with van der Waals surface area (Å²) in [5.41, 5.74) is 0.889. The number of rotatable bonds is 5. The minimum atomic E-state index is -0.881. The molecule has 0 spiro atoms. The maximum absolute atomic E-state index is 11.6. The van der Waals surface area contributed by atoms with E-state index in [0.717, 1.165) is 5.56 Å². The average molecular weight is 382 g/mol. The SMILES string of the molecule is COc1ccc([C@H]2SC[C@@H](OC(C)=O)[C@H](OC(C)=O)[C@H]2OC(C)=O)cc1. The highest BCUT2D eigenvalue weighted by Gasteiger charge is 2.46. The Kier molecular flexibility index (Phi) is 6.90. The van der Waals surface area contributed by atoms with Crippen LogP contribution in [0.5, 0.6) is 5.75 Å². The van der Waals surface area contributed by atoms with E-state index in [4.69, 9.17) is 18.9 Å². The van der Waals surface area contributed by atoms with Crippen LogP contribution in [0.3, 0.4) is 0 Å². The van der Waals surface area contributed by atoms with Crippen LogP contribution in [0.4, 0.5) is 0 Å². The fourth-order valence-corrected chi connectivity index (χ4v) is 4.23. The lowest BCUT2D eigenvalue weighted by atomic mass is 9.98. The Labute approximate surface area is 156 Å². The lowest BCUT2D eigenvalue weighted by Gasteiger charge is -2.40. The van der Waals surface area contributed by atoms with Crippen molar-refractivity contribution in [1.29, 1.82) is 0 Å². The van der Waals surface area contributed by atoms with Gasteiger partial charge in [0.1, 0.15) is 5.75 Å². The molecule has 142 valence electrons. The number of methoxy groups -OCH3 is 1. The summed E-state index contributed by atoms with van der Waals surface area (Å²) in [6.07, 6.45) is -2.36. The first-order valence-electron chi connectivity index (χ1n) is 8.09. The van der Waals surface area contributed by atoms with Gasteiger partial charge in [0.15, 0.2) is 18.3 Å². The van der Waals surface area contributed by atoms with Gasteiger partial charge in [-0.3, -0.25) is 14.4 Å². The molecule has 1 aliphatic rings. The van der Waals surface area contributed by atoms with E-state index in [1.807, 2.05) is 12.1 Å². The summed E-state index contributed by atoms with van der Waals surface area (Å²) < 4.78 is 21.3. The molecule has 0 amide bonds. The zero-order valence-corrected chi connectivity index (χ0v) is 15.9. The van der Waals surface area contributed by atoms with Gasteiger partial charge in [-0.25, -0.2) is 0 Å². The normalized spacial score (nSPS) is 25.1. The summed E-state index contributed by atoms with van der Waals surface area (Å²) in [5.74, 6) is -0.420. The van der Waals surface area contributed by atoms with Gasteiger partial charge in [-0.2, -0.15) is 0 Å². The molecule has 1 aliphatic heterocycles. The minimum absolute atomic E-state index is 0.277. The highest BCUT2D eigenvalue weighted by molar-refractivity contribution is 7.99. The summed E-state index contributed by atoms with van der Waals surface area (Å²) in [6, 6.07) is 7.34. The van der Waals surface area contributed by atoms with E-state index in [2.05, 4.69) is 0 Å². The summed E-state index contributed by atoms with van der Waals surface area (Å²) in [5, 5.41) is -0.277. The zero-order chi connectivity index (χ0) is 19.3. The Morgan fingerprint density at radius 1 is 0.885 bits per heavy atom. The monoisotopic (exact) mass is 382 g/mol. The quantitative estimate of drug-likeness (QED) is 0.566. The Balaban J connectivity index is 2.35. The van der Waals surface area contributed by atoms with E-state index in [1.54, 1.807) is 19.2 Å². The van der Waals surface area contributed by atoms with E-state index < -0.39 is 36.2 Å². The molecule has 0 aromatic heterocycles. The van der Waals surface area contributed by atoms with Crippen LogP contribution in [0.1, 0.15) is 31.6 Å². The third-order valence-electron chi connectivity index (χ3n) is 3.79. The number of hydrogen-bond donors (Lipinski definition) is 0. The van der Waals surface area contributed by atoms with Crippen LogP contribution < -0.4 is 4.74 Å².